The first-order valence-electron chi connectivity index (χ1n) is 7.13. The number of amides is 2. The molecule has 0 aliphatic rings. The second kappa shape index (κ2) is 9.05. The maximum absolute atomic E-state index is 11.7. The van der Waals surface area contributed by atoms with Gasteiger partial charge in [0.25, 0.3) is 11.8 Å². The largest absolute Gasteiger partial charge is 0.484 e. The number of carbonyl (C=O) groups excluding carboxylic acids is 3. The number of hydrazine groups is 1. The Balaban J connectivity index is 1.65. The van der Waals surface area contributed by atoms with Crippen LogP contribution in [0.4, 0.5) is 0 Å². The molecule has 0 bridgehead atoms. The number of hydrogen-bond acceptors (Lipinski definition) is 6. The molecule has 0 saturated heterocycles. The van der Waals surface area contributed by atoms with Crippen molar-refractivity contribution in [3.63, 3.8) is 0 Å². The molecule has 2 amide bonds. The van der Waals surface area contributed by atoms with Crippen molar-refractivity contribution in [2.45, 2.75) is 6.92 Å². The standard InChI is InChI=1S/C16H15ClN2O5S/c1-10-6-7-25-15(10)16(22)24-9-14(21)19-18-13(20)8-23-12-4-2-11(17)3-5-12/h2-7H,8-9H2,1H3,(H,18,20)(H,19,21). The molecule has 0 radical (unpaired) electrons. The van der Waals surface area contributed by atoms with Crippen molar-refractivity contribution in [2.24, 2.45) is 0 Å². The molecule has 2 N–H and O–H groups in total. The Hall–Kier alpha value is -2.58. The molecule has 1 heterocycles. The van der Waals surface area contributed by atoms with E-state index < -0.39 is 24.4 Å². The molecule has 0 unspecified atom stereocenters. The van der Waals surface area contributed by atoms with Gasteiger partial charge in [-0.1, -0.05) is 11.6 Å². The summed E-state index contributed by atoms with van der Waals surface area (Å²) in [4.78, 5) is 35.3. The van der Waals surface area contributed by atoms with Crippen LogP contribution < -0.4 is 15.6 Å². The fourth-order valence-electron chi connectivity index (χ4n) is 1.67. The molecule has 0 saturated carbocycles. The summed E-state index contributed by atoms with van der Waals surface area (Å²) in [6, 6.07) is 8.25. The zero-order valence-corrected chi connectivity index (χ0v) is 14.8. The average Bonchev–Trinajstić information content (AvgIpc) is 3.03. The van der Waals surface area contributed by atoms with Gasteiger partial charge in [0.15, 0.2) is 13.2 Å². The predicted molar refractivity (Wildman–Crippen MR) is 92.6 cm³/mol. The lowest BCUT2D eigenvalue weighted by molar-refractivity contribution is -0.131. The lowest BCUT2D eigenvalue weighted by Crippen LogP contribution is -2.45. The number of esters is 1. The SMILES string of the molecule is Cc1ccsc1C(=O)OCC(=O)NNC(=O)COc1ccc(Cl)cc1. The zero-order valence-electron chi connectivity index (χ0n) is 13.2. The molecule has 2 aromatic rings. The Morgan fingerprint density at radius 2 is 1.68 bits per heavy atom. The van der Waals surface area contributed by atoms with E-state index in [-0.39, 0.29) is 6.61 Å². The number of hydrogen-bond donors (Lipinski definition) is 2. The van der Waals surface area contributed by atoms with Gasteiger partial charge in [-0.05, 0) is 48.2 Å². The summed E-state index contributed by atoms with van der Waals surface area (Å²) >= 11 is 6.97. The van der Waals surface area contributed by atoms with Gasteiger partial charge < -0.3 is 9.47 Å². The first-order chi connectivity index (χ1) is 12.0. The second-order valence-corrected chi connectivity index (χ2v) is 6.20. The maximum Gasteiger partial charge on any atom is 0.349 e. The van der Waals surface area contributed by atoms with Crippen LogP contribution in [0.3, 0.4) is 0 Å². The van der Waals surface area contributed by atoms with Gasteiger partial charge in [0, 0.05) is 5.02 Å². The number of halogens is 1. The summed E-state index contributed by atoms with van der Waals surface area (Å²) < 4.78 is 10.1. The van der Waals surface area contributed by atoms with E-state index in [1.807, 2.05) is 0 Å². The highest BCUT2D eigenvalue weighted by atomic mass is 35.5. The third-order valence-corrected chi connectivity index (χ3v) is 4.16. The molecule has 25 heavy (non-hydrogen) atoms. The molecular formula is C16H15ClN2O5S. The average molecular weight is 383 g/mol. The first kappa shape index (κ1) is 18.8. The Morgan fingerprint density at radius 1 is 1.04 bits per heavy atom. The Labute approximate surface area is 152 Å². The summed E-state index contributed by atoms with van der Waals surface area (Å²) in [5, 5.41) is 2.31. The van der Waals surface area contributed by atoms with Crippen molar-refractivity contribution in [3.05, 3.63) is 51.2 Å². The molecule has 0 aliphatic carbocycles. The normalized spacial score (nSPS) is 10.0. The minimum atomic E-state index is -0.664. The Bertz CT molecular complexity index is 760. The van der Waals surface area contributed by atoms with Crippen molar-refractivity contribution in [3.8, 4) is 5.75 Å². The number of benzene rings is 1. The van der Waals surface area contributed by atoms with E-state index in [9.17, 15) is 14.4 Å². The minimum absolute atomic E-state index is 0.296. The molecule has 9 heteroatoms. The third kappa shape index (κ3) is 6.09. The molecule has 132 valence electrons. The lowest BCUT2D eigenvalue weighted by atomic mass is 10.3. The van der Waals surface area contributed by atoms with Gasteiger partial charge in [0.2, 0.25) is 0 Å². The highest BCUT2D eigenvalue weighted by Gasteiger charge is 2.14. The van der Waals surface area contributed by atoms with Gasteiger partial charge in [-0.3, -0.25) is 20.4 Å². The molecule has 0 aliphatic heterocycles. The van der Waals surface area contributed by atoms with E-state index in [4.69, 9.17) is 21.1 Å². The monoisotopic (exact) mass is 382 g/mol. The van der Waals surface area contributed by atoms with Gasteiger partial charge in [-0.2, -0.15) is 0 Å². The molecule has 0 fully saturated rings. The third-order valence-electron chi connectivity index (χ3n) is 2.91. The van der Waals surface area contributed by atoms with Crippen LogP contribution in [0.2, 0.25) is 5.02 Å². The van der Waals surface area contributed by atoms with Crippen molar-refractivity contribution in [2.75, 3.05) is 13.2 Å². The van der Waals surface area contributed by atoms with Gasteiger partial charge in [-0.15, -0.1) is 11.3 Å². The molecule has 0 spiro atoms. The minimum Gasteiger partial charge on any atom is -0.484 e. The van der Waals surface area contributed by atoms with Crippen molar-refractivity contribution >= 4 is 40.7 Å². The van der Waals surface area contributed by atoms with E-state index >= 15 is 0 Å². The molecule has 1 aromatic heterocycles. The van der Waals surface area contributed by atoms with Crippen LogP contribution in [0.15, 0.2) is 35.7 Å². The molecule has 7 nitrogen and oxygen atoms in total. The zero-order chi connectivity index (χ0) is 18.2. The fraction of sp³-hybridized carbons (Fsp3) is 0.188. The summed E-state index contributed by atoms with van der Waals surface area (Å²) in [5.74, 6) is -1.35. The van der Waals surface area contributed by atoms with Crippen LogP contribution in [0.5, 0.6) is 5.75 Å². The molecule has 0 atom stereocenters. The van der Waals surface area contributed by atoms with Gasteiger partial charge >= 0.3 is 5.97 Å². The molecule has 2 rings (SSSR count). The van der Waals surface area contributed by atoms with E-state index in [0.29, 0.717) is 15.6 Å². The van der Waals surface area contributed by atoms with E-state index in [1.54, 1.807) is 42.6 Å². The number of carbonyl (C=O) groups is 3. The number of aryl methyl sites for hydroxylation is 1. The van der Waals surface area contributed by atoms with Gasteiger partial charge in [0.05, 0.1) is 0 Å². The quantitative estimate of drug-likeness (QED) is 0.589. The maximum atomic E-state index is 11.7. The van der Waals surface area contributed by atoms with Gasteiger partial charge in [0.1, 0.15) is 10.6 Å². The highest BCUT2D eigenvalue weighted by Crippen LogP contribution is 2.16. The number of ether oxygens (including phenoxy) is 2. The van der Waals surface area contributed by atoms with Crippen molar-refractivity contribution < 1.29 is 23.9 Å². The van der Waals surface area contributed by atoms with Gasteiger partial charge in [-0.25, -0.2) is 4.79 Å². The van der Waals surface area contributed by atoms with Crippen molar-refractivity contribution in [1.82, 2.24) is 10.9 Å². The molecular weight excluding hydrogens is 368 g/mol. The summed E-state index contributed by atoms with van der Waals surface area (Å²) in [7, 11) is 0. The number of thiophene rings is 1. The fourth-order valence-corrected chi connectivity index (χ4v) is 2.61. The summed E-state index contributed by atoms with van der Waals surface area (Å²) in [6.07, 6.45) is 0. The smallest absolute Gasteiger partial charge is 0.349 e. The van der Waals surface area contributed by atoms with Crippen LogP contribution in [0.1, 0.15) is 15.2 Å². The summed E-state index contributed by atoms with van der Waals surface area (Å²) in [6.45, 7) is 0.971. The Morgan fingerprint density at radius 3 is 2.28 bits per heavy atom. The highest BCUT2D eigenvalue weighted by molar-refractivity contribution is 7.12. The first-order valence-corrected chi connectivity index (χ1v) is 8.38. The van der Waals surface area contributed by atoms with Crippen molar-refractivity contribution in [1.29, 1.82) is 0 Å². The summed E-state index contributed by atoms with van der Waals surface area (Å²) in [5.41, 5.74) is 5.07. The number of rotatable bonds is 6. The van der Waals surface area contributed by atoms with Crippen LogP contribution in [0.25, 0.3) is 0 Å². The van der Waals surface area contributed by atoms with Crippen LogP contribution in [-0.4, -0.2) is 31.0 Å². The Kier molecular flexibility index (Phi) is 6.79. The van der Waals surface area contributed by atoms with Crippen LogP contribution >= 0.6 is 22.9 Å². The van der Waals surface area contributed by atoms with Crippen LogP contribution in [-0.2, 0) is 14.3 Å². The predicted octanol–water partition coefficient (Wildman–Crippen LogP) is 2.09. The van der Waals surface area contributed by atoms with E-state index in [0.717, 1.165) is 5.56 Å². The van der Waals surface area contributed by atoms with Crippen LogP contribution in [0, 0.1) is 6.92 Å². The number of nitrogens with one attached hydrogen (secondary N) is 2. The second-order valence-electron chi connectivity index (χ2n) is 4.85. The topological polar surface area (TPSA) is 93.7 Å². The lowest BCUT2D eigenvalue weighted by Gasteiger charge is -2.09. The van der Waals surface area contributed by atoms with E-state index in [2.05, 4.69) is 10.9 Å². The van der Waals surface area contributed by atoms with E-state index in [1.165, 1.54) is 11.3 Å². The molecule has 1 aromatic carbocycles.